The number of nitrogens with one attached hydrogen (secondary N) is 1. The standard InChI is InChI=1S/C15H18N2O2/c1-11-13(15(18)19-3)7-4-8-14(11)16-10-12-6-5-9-17(12)2/h4-9,16H,10H2,1-3H3. The summed E-state index contributed by atoms with van der Waals surface area (Å²) in [6, 6.07) is 9.66. The number of rotatable bonds is 4. The third-order valence-electron chi connectivity index (χ3n) is 3.25. The average Bonchev–Trinajstić information content (AvgIpc) is 2.82. The molecule has 19 heavy (non-hydrogen) atoms. The van der Waals surface area contributed by atoms with Crippen molar-refractivity contribution >= 4 is 11.7 Å². The average molecular weight is 258 g/mol. The molecule has 0 amide bonds. The van der Waals surface area contributed by atoms with E-state index in [1.165, 1.54) is 12.8 Å². The molecule has 0 saturated carbocycles. The van der Waals surface area contributed by atoms with Gasteiger partial charge in [-0.2, -0.15) is 0 Å². The highest BCUT2D eigenvalue weighted by Crippen LogP contribution is 2.20. The number of hydrogen-bond acceptors (Lipinski definition) is 3. The summed E-state index contributed by atoms with van der Waals surface area (Å²) in [5.41, 5.74) is 3.63. The molecular formula is C15H18N2O2. The molecule has 0 saturated heterocycles. The fourth-order valence-corrected chi connectivity index (χ4v) is 2.02. The van der Waals surface area contributed by atoms with E-state index in [1.54, 1.807) is 6.07 Å². The molecule has 1 aromatic heterocycles. The maximum Gasteiger partial charge on any atom is 0.338 e. The Hall–Kier alpha value is -2.23. The molecule has 100 valence electrons. The molecule has 0 aliphatic heterocycles. The van der Waals surface area contributed by atoms with Crippen molar-refractivity contribution in [2.45, 2.75) is 13.5 Å². The van der Waals surface area contributed by atoms with Gasteiger partial charge >= 0.3 is 5.97 Å². The van der Waals surface area contributed by atoms with E-state index in [0.29, 0.717) is 5.56 Å². The number of ether oxygens (including phenoxy) is 1. The molecule has 4 heteroatoms. The molecule has 4 nitrogen and oxygen atoms in total. The van der Waals surface area contributed by atoms with Gasteiger partial charge in [0.25, 0.3) is 0 Å². The molecule has 1 N–H and O–H groups in total. The number of anilines is 1. The zero-order chi connectivity index (χ0) is 13.8. The van der Waals surface area contributed by atoms with Gasteiger partial charge in [0.2, 0.25) is 0 Å². The largest absolute Gasteiger partial charge is 0.465 e. The maximum atomic E-state index is 11.6. The van der Waals surface area contributed by atoms with Crippen molar-refractivity contribution in [1.82, 2.24) is 4.57 Å². The van der Waals surface area contributed by atoms with Crippen molar-refractivity contribution in [2.24, 2.45) is 7.05 Å². The van der Waals surface area contributed by atoms with Crippen LogP contribution in [0.5, 0.6) is 0 Å². The Morgan fingerprint density at radius 1 is 1.32 bits per heavy atom. The Labute approximate surface area is 113 Å². The maximum absolute atomic E-state index is 11.6. The van der Waals surface area contributed by atoms with E-state index in [0.717, 1.165) is 17.8 Å². The van der Waals surface area contributed by atoms with Crippen molar-refractivity contribution in [3.63, 3.8) is 0 Å². The second-order valence-corrected chi connectivity index (χ2v) is 4.43. The van der Waals surface area contributed by atoms with E-state index in [1.807, 2.05) is 38.4 Å². The fraction of sp³-hybridized carbons (Fsp3) is 0.267. The number of aryl methyl sites for hydroxylation is 1. The van der Waals surface area contributed by atoms with Crippen molar-refractivity contribution in [3.8, 4) is 0 Å². The quantitative estimate of drug-likeness (QED) is 0.857. The Morgan fingerprint density at radius 2 is 2.11 bits per heavy atom. The second-order valence-electron chi connectivity index (χ2n) is 4.43. The van der Waals surface area contributed by atoms with Crippen molar-refractivity contribution in [1.29, 1.82) is 0 Å². The minimum atomic E-state index is -0.306. The molecule has 0 fully saturated rings. The predicted octanol–water partition coefficient (Wildman–Crippen LogP) is 2.73. The second kappa shape index (κ2) is 5.61. The summed E-state index contributed by atoms with van der Waals surface area (Å²) in [5, 5.41) is 3.35. The summed E-state index contributed by atoms with van der Waals surface area (Å²) in [4.78, 5) is 11.6. The molecular weight excluding hydrogens is 240 g/mol. The molecule has 1 aromatic carbocycles. The van der Waals surface area contributed by atoms with Gasteiger partial charge in [0, 0.05) is 24.6 Å². The van der Waals surface area contributed by atoms with Gasteiger partial charge in [-0.3, -0.25) is 0 Å². The number of hydrogen-bond donors (Lipinski definition) is 1. The van der Waals surface area contributed by atoms with Gasteiger partial charge in [-0.25, -0.2) is 4.79 Å². The van der Waals surface area contributed by atoms with Gasteiger partial charge in [0.15, 0.2) is 0 Å². The molecule has 0 bridgehead atoms. The van der Waals surface area contributed by atoms with Crippen LogP contribution in [0.4, 0.5) is 5.69 Å². The topological polar surface area (TPSA) is 43.3 Å². The first-order valence-corrected chi connectivity index (χ1v) is 6.15. The number of esters is 1. The summed E-state index contributed by atoms with van der Waals surface area (Å²) in [5.74, 6) is -0.306. The number of benzene rings is 1. The minimum absolute atomic E-state index is 0.306. The van der Waals surface area contributed by atoms with E-state index < -0.39 is 0 Å². The Bertz CT molecular complexity index is 588. The van der Waals surface area contributed by atoms with Crippen LogP contribution in [-0.2, 0) is 18.3 Å². The number of nitrogens with zero attached hydrogens (tertiary/aromatic N) is 1. The lowest BCUT2D eigenvalue weighted by Crippen LogP contribution is -2.08. The molecule has 0 unspecified atom stereocenters. The molecule has 0 radical (unpaired) electrons. The van der Waals surface area contributed by atoms with Crippen LogP contribution in [0.1, 0.15) is 21.6 Å². The molecule has 0 aliphatic carbocycles. The third-order valence-corrected chi connectivity index (χ3v) is 3.25. The van der Waals surface area contributed by atoms with Crippen LogP contribution >= 0.6 is 0 Å². The van der Waals surface area contributed by atoms with Crippen LogP contribution in [0.2, 0.25) is 0 Å². The van der Waals surface area contributed by atoms with E-state index in [-0.39, 0.29) is 5.97 Å². The SMILES string of the molecule is COC(=O)c1cccc(NCc2cccn2C)c1C. The number of methoxy groups -OCH3 is 1. The Kier molecular flexibility index (Phi) is 3.90. The highest BCUT2D eigenvalue weighted by molar-refractivity contribution is 5.92. The smallest absolute Gasteiger partial charge is 0.338 e. The van der Waals surface area contributed by atoms with E-state index in [9.17, 15) is 4.79 Å². The van der Waals surface area contributed by atoms with Gasteiger partial charge in [-0.05, 0) is 36.8 Å². The van der Waals surface area contributed by atoms with Crippen LogP contribution < -0.4 is 5.32 Å². The molecule has 0 atom stereocenters. The zero-order valence-electron chi connectivity index (χ0n) is 11.4. The fourth-order valence-electron chi connectivity index (χ4n) is 2.02. The third kappa shape index (κ3) is 2.78. The predicted molar refractivity (Wildman–Crippen MR) is 75.3 cm³/mol. The van der Waals surface area contributed by atoms with Crippen LogP contribution in [0.15, 0.2) is 36.5 Å². The summed E-state index contributed by atoms with van der Waals surface area (Å²) < 4.78 is 6.83. The molecule has 2 aromatic rings. The van der Waals surface area contributed by atoms with E-state index >= 15 is 0 Å². The van der Waals surface area contributed by atoms with Crippen LogP contribution in [0, 0.1) is 6.92 Å². The highest BCUT2D eigenvalue weighted by atomic mass is 16.5. The van der Waals surface area contributed by atoms with Gasteiger partial charge in [-0.15, -0.1) is 0 Å². The van der Waals surface area contributed by atoms with Crippen LogP contribution in [-0.4, -0.2) is 17.6 Å². The van der Waals surface area contributed by atoms with Crippen molar-refractivity contribution < 1.29 is 9.53 Å². The Balaban J connectivity index is 2.17. The molecule has 2 rings (SSSR count). The monoisotopic (exact) mass is 258 g/mol. The highest BCUT2D eigenvalue weighted by Gasteiger charge is 2.11. The van der Waals surface area contributed by atoms with Crippen LogP contribution in [0.3, 0.4) is 0 Å². The van der Waals surface area contributed by atoms with Crippen molar-refractivity contribution in [3.05, 3.63) is 53.3 Å². The van der Waals surface area contributed by atoms with Gasteiger partial charge in [0.05, 0.1) is 19.2 Å². The molecule has 0 aliphatic rings. The number of carbonyl (C=O) groups is 1. The lowest BCUT2D eigenvalue weighted by molar-refractivity contribution is 0.0600. The summed E-state index contributed by atoms with van der Waals surface area (Å²) >= 11 is 0. The minimum Gasteiger partial charge on any atom is -0.465 e. The summed E-state index contributed by atoms with van der Waals surface area (Å²) in [6.45, 7) is 2.63. The van der Waals surface area contributed by atoms with Gasteiger partial charge in [-0.1, -0.05) is 6.07 Å². The first kappa shape index (κ1) is 13.2. The molecule has 1 heterocycles. The lowest BCUT2D eigenvalue weighted by Gasteiger charge is -2.12. The number of aromatic nitrogens is 1. The van der Waals surface area contributed by atoms with Gasteiger partial charge < -0.3 is 14.6 Å². The van der Waals surface area contributed by atoms with E-state index in [2.05, 4.69) is 16.0 Å². The van der Waals surface area contributed by atoms with E-state index in [4.69, 9.17) is 4.74 Å². The molecule has 0 spiro atoms. The van der Waals surface area contributed by atoms with Crippen molar-refractivity contribution in [2.75, 3.05) is 12.4 Å². The first-order valence-electron chi connectivity index (χ1n) is 6.15. The summed E-state index contributed by atoms with van der Waals surface area (Å²) in [7, 11) is 3.40. The van der Waals surface area contributed by atoms with Gasteiger partial charge in [0.1, 0.15) is 0 Å². The number of carbonyl (C=O) groups excluding carboxylic acids is 1. The summed E-state index contributed by atoms with van der Waals surface area (Å²) in [6.07, 6.45) is 2.01. The normalized spacial score (nSPS) is 10.3. The zero-order valence-corrected chi connectivity index (χ0v) is 11.4. The first-order chi connectivity index (χ1) is 9.13. The lowest BCUT2D eigenvalue weighted by atomic mass is 10.1. The van der Waals surface area contributed by atoms with Crippen LogP contribution in [0.25, 0.3) is 0 Å². The Morgan fingerprint density at radius 3 is 2.74 bits per heavy atom.